The van der Waals surface area contributed by atoms with E-state index < -0.39 is 0 Å². The molecule has 2 heterocycles. The van der Waals surface area contributed by atoms with Gasteiger partial charge >= 0.3 is 0 Å². The first kappa shape index (κ1) is 12.3. The van der Waals surface area contributed by atoms with Gasteiger partial charge in [-0.25, -0.2) is 4.98 Å². The number of carbonyl (C=O) groups excluding carboxylic acids is 1. The first-order chi connectivity index (χ1) is 9.65. The van der Waals surface area contributed by atoms with Gasteiger partial charge < -0.3 is 9.73 Å². The first-order valence-electron chi connectivity index (χ1n) is 6.24. The van der Waals surface area contributed by atoms with Gasteiger partial charge in [0.2, 0.25) is 5.76 Å². The molecule has 0 atom stereocenters. The van der Waals surface area contributed by atoms with E-state index in [1.807, 2.05) is 30.3 Å². The quantitative estimate of drug-likeness (QED) is 0.774. The van der Waals surface area contributed by atoms with Gasteiger partial charge in [0.25, 0.3) is 5.91 Å². The fourth-order valence-corrected chi connectivity index (χ4v) is 2.13. The summed E-state index contributed by atoms with van der Waals surface area (Å²) in [6.45, 7) is 3.45. The summed E-state index contributed by atoms with van der Waals surface area (Å²) < 4.78 is 5.32. The van der Waals surface area contributed by atoms with Crippen molar-refractivity contribution in [2.24, 2.45) is 0 Å². The van der Waals surface area contributed by atoms with E-state index in [9.17, 15) is 4.79 Å². The topological polar surface area (TPSA) is 68.0 Å². The molecule has 0 unspecified atom stereocenters. The number of amides is 1. The van der Waals surface area contributed by atoms with Gasteiger partial charge in [0.1, 0.15) is 0 Å². The van der Waals surface area contributed by atoms with Crippen molar-refractivity contribution in [3.05, 3.63) is 53.9 Å². The van der Waals surface area contributed by atoms with Crippen LogP contribution in [0.3, 0.4) is 0 Å². The van der Waals surface area contributed by atoms with E-state index >= 15 is 0 Å². The molecule has 100 valence electrons. The van der Waals surface area contributed by atoms with Gasteiger partial charge in [0, 0.05) is 18.5 Å². The number of aromatic nitrogens is 2. The van der Waals surface area contributed by atoms with E-state index in [2.05, 4.69) is 15.3 Å². The van der Waals surface area contributed by atoms with Crippen LogP contribution in [-0.2, 0) is 0 Å². The van der Waals surface area contributed by atoms with Crippen LogP contribution in [0.25, 0.3) is 10.9 Å². The Kier molecular flexibility index (Phi) is 2.95. The number of oxazole rings is 1. The Morgan fingerprint density at radius 3 is 2.75 bits per heavy atom. The van der Waals surface area contributed by atoms with Crippen molar-refractivity contribution in [2.75, 3.05) is 5.32 Å². The number of pyridine rings is 1. The predicted molar refractivity (Wildman–Crippen MR) is 75.7 cm³/mol. The Labute approximate surface area is 115 Å². The molecule has 2 aromatic heterocycles. The smallest absolute Gasteiger partial charge is 0.293 e. The lowest BCUT2D eigenvalue weighted by Crippen LogP contribution is -2.12. The van der Waals surface area contributed by atoms with Gasteiger partial charge in [-0.2, -0.15) is 0 Å². The maximum absolute atomic E-state index is 12.2. The number of anilines is 1. The highest BCUT2D eigenvalue weighted by atomic mass is 16.4. The van der Waals surface area contributed by atoms with Crippen LogP contribution < -0.4 is 5.32 Å². The van der Waals surface area contributed by atoms with Gasteiger partial charge in [-0.05, 0) is 19.1 Å². The van der Waals surface area contributed by atoms with Crippen LogP contribution in [0.1, 0.15) is 22.1 Å². The number of rotatable bonds is 2. The molecule has 0 aliphatic heterocycles. The van der Waals surface area contributed by atoms with Gasteiger partial charge in [-0.1, -0.05) is 18.2 Å². The third-order valence-electron chi connectivity index (χ3n) is 2.99. The third-order valence-corrected chi connectivity index (χ3v) is 2.99. The Morgan fingerprint density at radius 1 is 1.20 bits per heavy atom. The molecule has 0 saturated carbocycles. The number of aryl methyl sites for hydroxylation is 2. The minimum absolute atomic E-state index is 0.232. The lowest BCUT2D eigenvalue weighted by atomic mass is 10.2. The van der Waals surface area contributed by atoms with Crippen LogP contribution in [-0.4, -0.2) is 15.9 Å². The van der Waals surface area contributed by atoms with Gasteiger partial charge in [-0.3, -0.25) is 9.78 Å². The van der Waals surface area contributed by atoms with E-state index in [1.165, 1.54) is 0 Å². The second kappa shape index (κ2) is 4.77. The maximum atomic E-state index is 12.2. The highest BCUT2D eigenvalue weighted by molar-refractivity contribution is 6.07. The zero-order valence-electron chi connectivity index (χ0n) is 11.2. The predicted octanol–water partition coefficient (Wildman–Crippen LogP) is 3.09. The molecule has 5 nitrogen and oxygen atoms in total. The van der Waals surface area contributed by atoms with Gasteiger partial charge in [0.15, 0.2) is 5.89 Å². The van der Waals surface area contributed by atoms with E-state index in [4.69, 9.17) is 4.42 Å². The molecule has 20 heavy (non-hydrogen) atoms. The Hall–Kier alpha value is -2.69. The second-order valence-electron chi connectivity index (χ2n) is 4.48. The number of carbonyl (C=O) groups is 1. The minimum Gasteiger partial charge on any atom is -0.436 e. The molecule has 0 radical (unpaired) electrons. The number of hydrogen-bond donors (Lipinski definition) is 1. The molecule has 0 aliphatic rings. The summed E-state index contributed by atoms with van der Waals surface area (Å²) in [7, 11) is 0. The normalized spacial score (nSPS) is 10.7. The molecule has 0 saturated heterocycles. The minimum atomic E-state index is -0.318. The van der Waals surface area contributed by atoms with Crippen LogP contribution in [0.5, 0.6) is 0 Å². The molecule has 0 spiro atoms. The van der Waals surface area contributed by atoms with Crippen molar-refractivity contribution in [2.45, 2.75) is 13.8 Å². The van der Waals surface area contributed by atoms with E-state index in [-0.39, 0.29) is 11.7 Å². The summed E-state index contributed by atoms with van der Waals surface area (Å²) in [4.78, 5) is 20.6. The van der Waals surface area contributed by atoms with Crippen molar-refractivity contribution < 1.29 is 9.21 Å². The standard InChI is InChI=1S/C15H13N3O2/c1-9-14(20-10(2)17-9)15(19)18-12-7-3-5-11-6-4-8-16-13(11)12/h3-8H,1-2H3,(H,18,19). The molecule has 1 N–H and O–H groups in total. The number of hydrogen-bond acceptors (Lipinski definition) is 4. The number of benzene rings is 1. The van der Waals surface area contributed by atoms with Crippen LogP contribution in [0.4, 0.5) is 5.69 Å². The second-order valence-corrected chi connectivity index (χ2v) is 4.48. The van der Waals surface area contributed by atoms with E-state index in [0.717, 1.165) is 10.9 Å². The van der Waals surface area contributed by atoms with Gasteiger partial charge in [-0.15, -0.1) is 0 Å². The molecule has 1 aromatic carbocycles. The molecule has 3 rings (SSSR count). The first-order valence-corrected chi connectivity index (χ1v) is 6.24. The summed E-state index contributed by atoms with van der Waals surface area (Å²) in [5, 5.41) is 3.79. The highest BCUT2D eigenvalue weighted by Crippen LogP contribution is 2.21. The fourth-order valence-electron chi connectivity index (χ4n) is 2.13. The van der Waals surface area contributed by atoms with Crippen LogP contribution in [0, 0.1) is 13.8 Å². The number of para-hydroxylation sites is 1. The number of nitrogens with one attached hydrogen (secondary N) is 1. The fraction of sp³-hybridized carbons (Fsp3) is 0.133. The monoisotopic (exact) mass is 267 g/mol. The molecule has 1 amide bonds. The Balaban J connectivity index is 1.97. The Morgan fingerprint density at radius 2 is 2.00 bits per heavy atom. The molecule has 0 bridgehead atoms. The molecular formula is C15H13N3O2. The van der Waals surface area contributed by atoms with E-state index in [0.29, 0.717) is 17.3 Å². The zero-order valence-corrected chi connectivity index (χ0v) is 11.2. The Bertz CT molecular complexity index is 787. The van der Waals surface area contributed by atoms with E-state index in [1.54, 1.807) is 20.0 Å². The summed E-state index contributed by atoms with van der Waals surface area (Å²) >= 11 is 0. The summed E-state index contributed by atoms with van der Waals surface area (Å²) in [6, 6.07) is 9.44. The summed E-state index contributed by atoms with van der Waals surface area (Å²) in [6.07, 6.45) is 1.70. The molecule has 3 aromatic rings. The lowest BCUT2D eigenvalue weighted by molar-refractivity contribution is 0.0994. The maximum Gasteiger partial charge on any atom is 0.293 e. The van der Waals surface area contributed by atoms with Gasteiger partial charge in [0.05, 0.1) is 16.9 Å². The van der Waals surface area contributed by atoms with Crippen LogP contribution in [0.2, 0.25) is 0 Å². The molecular weight excluding hydrogens is 254 g/mol. The van der Waals surface area contributed by atoms with Crippen molar-refractivity contribution in [1.82, 2.24) is 9.97 Å². The highest BCUT2D eigenvalue weighted by Gasteiger charge is 2.16. The average molecular weight is 267 g/mol. The lowest BCUT2D eigenvalue weighted by Gasteiger charge is -2.06. The summed E-state index contributed by atoms with van der Waals surface area (Å²) in [5.41, 5.74) is 1.98. The van der Waals surface area contributed by atoms with Crippen molar-refractivity contribution >= 4 is 22.5 Å². The zero-order chi connectivity index (χ0) is 14.1. The largest absolute Gasteiger partial charge is 0.436 e. The molecule has 0 aliphatic carbocycles. The summed E-state index contributed by atoms with van der Waals surface area (Å²) in [5.74, 6) is 0.389. The van der Waals surface area contributed by atoms with Crippen LogP contribution in [0.15, 0.2) is 40.9 Å². The molecule has 0 fully saturated rings. The van der Waals surface area contributed by atoms with Crippen molar-refractivity contribution in [1.29, 1.82) is 0 Å². The van der Waals surface area contributed by atoms with Crippen molar-refractivity contribution in [3.63, 3.8) is 0 Å². The third kappa shape index (κ3) is 2.14. The number of nitrogens with zero attached hydrogens (tertiary/aromatic N) is 2. The number of fused-ring (bicyclic) bond motifs is 1. The molecule has 5 heteroatoms. The van der Waals surface area contributed by atoms with Crippen molar-refractivity contribution in [3.8, 4) is 0 Å². The van der Waals surface area contributed by atoms with Crippen LogP contribution >= 0.6 is 0 Å². The average Bonchev–Trinajstić information content (AvgIpc) is 2.78. The SMILES string of the molecule is Cc1nc(C)c(C(=O)Nc2cccc3cccnc23)o1.